The molecule has 1 fully saturated rings. The van der Waals surface area contributed by atoms with Gasteiger partial charge in [-0.1, -0.05) is 6.08 Å². The summed E-state index contributed by atoms with van der Waals surface area (Å²) in [4.78, 5) is 16.1. The molecule has 0 bridgehead atoms. The summed E-state index contributed by atoms with van der Waals surface area (Å²) in [7, 11) is 0. The Morgan fingerprint density at radius 3 is 2.60 bits per heavy atom. The van der Waals surface area contributed by atoms with Gasteiger partial charge in [0.2, 0.25) is 0 Å². The Balaban J connectivity index is 0.000000612. The molecule has 1 aliphatic rings. The highest BCUT2D eigenvalue weighted by molar-refractivity contribution is 7.98. The van der Waals surface area contributed by atoms with Crippen molar-refractivity contribution in [2.75, 3.05) is 12.9 Å². The second-order valence-corrected chi connectivity index (χ2v) is 5.89. The molecule has 0 spiro atoms. The van der Waals surface area contributed by atoms with E-state index in [-0.39, 0.29) is 5.43 Å². The SMILES string of the molecule is C=CC.CSc1c(C)[nH]c(C2CCC(C)OC2)cc1=O. The van der Waals surface area contributed by atoms with E-state index in [1.807, 2.05) is 20.1 Å². The third kappa shape index (κ3) is 4.53. The van der Waals surface area contributed by atoms with Gasteiger partial charge in [-0.2, -0.15) is 0 Å². The number of aromatic nitrogens is 1. The first-order valence-corrected chi connectivity index (χ1v) is 8.22. The van der Waals surface area contributed by atoms with Crippen LogP contribution in [0.5, 0.6) is 0 Å². The molecule has 2 atom stereocenters. The molecule has 20 heavy (non-hydrogen) atoms. The number of rotatable bonds is 2. The Bertz CT molecular complexity index is 488. The maximum absolute atomic E-state index is 11.9. The molecule has 0 aromatic carbocycles. The molecule has 0 aliphatic carbocycles. The zero-order valence-corrected chi connectivity index (χ0v) is 13.7. The molecule has 0 radical (unpaired) electrons. The van der Waals surface area contributed by atoms with Crippen molar-refractivity contribution < 1.29 is 4.74 Å². The largest absolute Gasteiger partial charge is 0.378 e. The van der Waals surface area contributed by atoms with Crippen LogP contribution >= 0.6 is 11.8 Å². The number of thioether (sulfide) groups is 1. The maximum atomic E-state index is 11.9. The van der Waals surface area contributed by atoms with Gasteiger partial charge in [0.05, 0.1) is 17.6 Å². The zero-order chi connectivity index (χ0) is 15.1. The fourth-order valence-electron chi connectivity index (χ4n) is 2.30. The van der Waals surface area contributed by atoms with Gasteiger partial charge in [0.25, 0.3) is 0 Å². The lowest BCUT2D eigenvalue weighted by molar-refractivity contribution is 0.0146. The van der Waals surface area contributed by atoms with Crippen LogP contribution in [0.2, 0.25) is 0 Å². The molecule has 2 heterocycles. The summed E-state index contributed by atoms with van der Waals surface area (Å²) in [6.07, 6.45) is 6.19. The predicted octanol–water partition coefficient (Wildman–Crippen LogP) is 3.88. The average molecular weight is 295 g/mol. The molecule has 1 aromatic rings. The van der Waals surface area contributed by atoms with Gasteiger partial charge in [-0.15, -0.1) is 18.3 Å². The predicted molar refractivity (Wildman–Crippen MR) is 86.8 cm³/mol. The molecule has 112 valence electrons. The number of nitrogens with one attached hydrogen (secondary N) is 1. The maximum Gasteiger partial charge on any atom is 0.195 e. The van der Waals surface area contributed by atoms with E-state index in [2.05, 4.69) is 18.5 Å². The molecule has 3 nitrogen and oxygen atoms in total. The number of ether oxygens (including phenoxy) is 1. The average Bonchev–Trinajstić information content (AvgIpc) is 2.40. The molecule has 0 amide bonds. The van der Waals surface area contributed by atoms with Crippen LogP contribution < -0.4 is 5.43 Å². The van der Waals surface area contributed by atoms with Crippen molar-refractivity contribution in [3.8, 4) is 0 Å². The lowest BCUT2D eigenvalue weighted by atomic mass is 9.95. The van der Waals surface area contributed by atoms with Gasteiger partial charge in [0.1, 0.15) is 0 Å². The summed E-state index contributed by atoms with van der Waals surface area (Å²) in [5.41, 5.74) is 2.12. The van der Waals surface area contributed by atoms with Crippen LogP contribution in [0.3, 0.4) is 0 Å². The summed E-state index contributed by atoms with van der Waals surface area (Å²) in [6.45, 7) is 10.0. The monoisotopic (exact) mass is 295 g/mol. The molecule has 0 saturated carbocycles. The highest BCUT2D eigenvalue weighted by Gasteiger charge is 2.21. The summed E-state index contributed by atoms with van der Waals surface area (Å²) in [5, 5.41) is 0. The number of hydrogen-bond donors (Lipinski definition) is 1. The van der Waals surface area contributed by atoms with Crippen molar-refractivity contribution in [2.45, 2.75) is 50.5 Å². The number of aromatic amines is 1. The van der Waals surface area contributed by atoms with Crippen LogP contribution in [0.25, 0.3) is 0 Å². The summed E-state index contributed by atoms with van der Waals surface area (Å²) in [6, 6.07) is 1.74. The molecular formula is C16H25NO2S. The Kier molecular flexibility index (Phi) is 7.10. The number of allylic oxidation sites excluding steroid dienone is 1. The summed E-state index contributed by atoms with van der Waals surface area (Å²) >= 11 is 1.50. The van der Waals surface area contributed by atoms with E-state index in [1.165, 1.54) is 11.8 Å². The minimum atomic E-state index is 0.127. The lowest BCUT2D eigenvalue weighted by Crippen LogP contribution is -2.24. The van der Waals surface area contributed by atoms with E-state index in [0.717, 1.165) is 35.7 Å². The van der Waals surface area contributed by atoms with Crippen LogP contribution in [0, 0.1) is 6.92 Å². The first-order valence-electron chi connectivity index (χ1n) is 6.99. The van der Waals surface area contributed by atoms with Gasteiger partial charge in [-0.25, -0.2) is 0 Å². The third-order valence-corrected chi connectivity index (χ3v) is 4.25. The minimum absolute atomic E-state index is 0.127. The van der Waals surface area contributed by atoms with Gasteiger partial charge < -0.3 is 9.72 Å². The Labute approximate surface area is 125 Å². The van der Waals surface area contributed by atoms with Crippen molar-refractivity contribution >= 4 is 11.8 Å². The van der Waals surface area contributed by atoms with Crippen molar-refractivity contribution in [1.82, 2.24) is 4.98 Å². The van der Waals surface area contributed by atoms with Crippen LogP contribution in [-0.4, -0.2) is 24.0 Å². The summed E-state index contributed by atoms with van der Waals surface area (Å²) < 4.78 is 5.65. The molecule has 4 heteroatoms. The van der Waals surface area contributed by atoms with E-state index in [0.29, 0.717) is 12.0 Å². The normalized spacial score (nSPS) is 21.8. The van der Waals surface area contributed by atoms with Gasteiger partial charge in [0, 0.05) is 23.4 Å². The zero-order valence-electron chi connectivity index (χ0n) is 12.9. The highest BCUT2D eigenvalue weighted by Crippen LogP contribution is 2.27. The number of pyridine rings is 1. The highest BCUT2D eigenvalue weighted by atomic mass is 32.2. The number of hydrogen-bond acceptors (Lipinski definition) is 3. The second kappa shape index (κ2) is 8.32. The molecular weight excluding hydrogens is 270 g/mol. The van der Waals surface area contributed by atoms with Gasteiger partial charge in [0.15, 0.2) is 5.43 Å². The number of H-pyrrole nitrogens is 1. The van der Waals surface area contributed by atoms with E-state index in [9.17, 15) is 4.79 Å². The van der Waals surface area contributed by atoms with Crippen molar-refractivity contribution in [1.29, 1.82) is 0 Å². The molecule has 1 saturated heterocycles. The first kappa shape index (κ1) is 17.1. The van der Waals surface area contributed by atoms with E-state index < -0.39 is 0 Å². The minimum Gasteiger partial charge on any atom is -0.378 e. The van der Waals surface area contributed by atoms with Crippen LogP contribution in [-0.2, 0) is 4.74 Å². The smallest absolute Gasteiger partial charge is 0.195 e. The number of aryl methyl sites for hydroxylation is 1. The Morgan fingerprint density at radius 1 is 1.50 bits per heavy atom. The van der Waals surface area contributed by atoms with Crippen LogP contribution in [0.15, 0.2) is 28.4 Å². The quantitative estimate of drug-likeness (QED) is 0.665. The van der Waals surface area contributed by atoms with Crippen molar-refractivity contribution in [3.63, 3.8) is 0 Å². The van der Waals surface area contributed by atoms with E-state index in [1.54, 1.807) is 12.1 Å². The van der Waals surface area contributed by atoms with Crippen LogP contribution in [0.1, 0.15) is 44.0 Å². The van der Waals surface area contributed by atoms with Gasteiger partial charge >= 0.3 is 0 Å². The van der Waals surface area contributed by atoms with Crippen molar-refractivity contribution in [3.05, 3.63) is 40.3 Å². The second-order valence-electron chi connectivity index (χ2n) is 5.07. The molecule has 2 unspecified atom stereocenters. The van der Waals surface area contributed by atoms with E-state index in [4.69, 9.17) is 4.74 Å². The Hall–Kier alpha value is -1.00. The third-order valence-electron chi connectivity index (χ3n) is 3.33. The Morgan fingerprint density at radius 2 is 2.15 bits per heavy atom. The van der Waals surface area contributed by atoms with Gasteiger partial charge in [-0.3, -0.25) is 4.79 Å². The molecule has 2 rings (SSSR count). The molecule has 1 N–H and O–H groups in total. The topological polar surface area (TPSA) is 42.1 Å². The summed E-state index contributed by atoms with van der Waals surface area (Å²) in [5.74, 6) is 0.341. The lowest BCUT2D eigenvalue weighted by Gasteiger charge is -2.27. The van der Waals surface area contributed by atoms with Crippen molar-refractivity contribution in [2.24, 2.45) is 0 Å². The van der Waals surface area contributed by atoms with Gasteiger partial charge in [-0.05, 0) is 39.9 Å². The first-order chi connectivity index (χ1) is 9.53. The molecule has 1 aromatic heterocycles. The van der Waals surface area contributed by atoms with E-state index >= 15 is 0 Å². The fraction of sp³-hybridized carbons (Fsp3) is 0.562. The molecule has 1 aliphatic heterocycles. The standard InChI is InChI=1S/C13H19NO2S.C3H6/c1-8-4-5-10(7-16-8)11-6-12(15)13(17-3)9(2)14-11;1-3-2/h6,8,10H,4-5,7H2,1-3H3,(H,14,15);3H,1H2,2H3. The van der Waals surface area contributed by atoms with Crippen LogP contribution in [0.4, 0.5) is 0 Å². The fourth-order valence-corrected chi connectivity index (χ4v) is 2.92.